The van der Waals surface area contributed by atoms with Crippen molar-refractivity contribution in [3.8, 4) is 0 Å². The zero-order valence-electron chi connectivity index (χ0n) is 11.3. The van der Waals surface area contributed by atoms with Crippen LogP contribution in [0.15, 0.2) is 46.9 Å². The van der Waals surface area contributed by atoms with Crippen molar-refractivity contribution in [2.45, 2.75) is 19.9 Å². The first-order valence-electron chi connectivity index (χ1n) is 6.40. The van der Waals surface area contributed by atoms with Gasteiger partial charge in [0.05, 0.1) is 6.04 Å². The van der Waals surface area contributed by atoms with Crippen molar-refractivity contribution in [3.05, 3.63) is 63.6 Å². The van der Waals surface area contributed by atoms with Crippen molar-refractivity contribution >= 4 is 21.6 Å². The number of rotatable bonds is 4. The van der Waals surface area contributed by atoms with Crippen molar-refractivity contribution in [1.82, 2.24) is 0 Å². The zero-order chi connectivity index (χ0) is 13.8. The third kappa shape index (κ3) is 3.37. The number of anilines is 1. The third-order valence-electron chi connectivity index (χ3n) is 3.21. The summed E-state index contributed by atoms with van der Waals surface area (Å²) in [6.07, 6.45) is 0. The van der Waals surface area contributed by atoms with Crippen molar-refractivity contribution in [3.63, 3.8) is 0 Å². The summed E-state index contributed by atoms with van der Waals surface area (Å²) in [6.45, 7) is 4.77. The van der Waals surface area contributed by atoms with E-state index in [0.717, 1.165) is 5.69 Å². The molecular weight excluding hydrogens is 300 g/mol. The largest absolute Gasteiger partial charge is 0.377 e. The second kappa shape index (κ2) is 6.22. The molecule has 1 atom stereocenters. The number of nitrogens with one attached hydrogen (secondary N) is 1. The van der Waals surface area contributed by atoms with Crippen LogP contribution in [0.3, 0.4) is 0 Å². The van der Waals surface area contributed by atoms with Crippen LogP contribution in [0.4, 0.5) is 5.69 Å². The molecule has 3 heteroatoms. The normalized spacial score (nSPS) is 12.2. The highest BCUT2D eigenvalue weighted by atomic mass is 79.9. The molecule has 2 rings (SSSR count). The summed E-state index contributed by atoms with van der Waals surface area (Å²) in [5.41, 5.74) is 10.7. The molecule has 2 aromatic rings. The smallest absolute Gasteiger partial charge is 0.0636 e. The van der Waals surface area contributed by atoms with Crippen LogP contribution in [-0.2, 0) is 0 Å². The molecule has 19 heavy (non-hydrogen) atoms. The fourth-order valence-electron chi connectivity index (χ4n) is 2.19. The summed E-state index contributed by atoms with van der Waals surface area (Å²) in [7, 11) is 0. The Hall–Kier alpha value is -1.32. The van der Waals surface area contributed by atoms with E-state index in [1.807, 2.05) is 18.2 Å². The molecule has 0 heterocycles. The summed E-state index contributed by atoms with van der Waals surface area (Å²) in [5.74, 6) is 0. The molecule has 0 aliphatic heterocycles. The van der Waals surface area contributed by atoms with Gasteiger partial charge in [-0.3, -0.25) is 0 Å². The first kappa shape index (κ1) is 14.1. The Balaban J connectivity index is 2.24. The first-order chi connectivity index (χ1) is 9.11. The monoisotopic (exact) mass is 318 g/mol. The predicted molar refractivity (Wildman–Crippen MR) is 85.5 cm³/mol. The van der Waals surface area contributed by atoms with Crippen LogP contribution < -0.4 is 11.1 Å². The highest BCUT2D eigenvalue weighted by molar-refractivity contribution is 9.10. The third-order valence-corrected chi connectivity index (χ3v) is 4.47. The van der Waals surface area contributed by atoms with E-state index >= 15 is 0 Å². The lowest BCUT2D eigenvalue weighted by Crippen LogP contribution is -2.20. The standard InChI is InChI=1S/C16H19BrN2/c1-11-8-14(9-12(2)16(11)17)19-15(10-18)13-6-4-3-5-7-13/h3-9,15,19H,10,18H2,1-2H3. The van der Waals surface area contributed by atoms with Crippen molar-refractivity contribution in [2.75, 3.05) is 11.9 Å². The molecule has 0 saturated carbocycles. The Kier molecular flexibility index (Phi) is 4.61. The van der Waals surface area contributed by atoms with Gasteiger partial charge in [0.2, 0.25) is 0 Å². The van der Waals surface area contributed by atoms with Gasteiger partial charge in [-0.15, -0.1) is 0 Å². The van der Waals surface area contributed by atoms with Crippen LogP contribution in [0, 0.1) is 13.8 Å². The van der Waals surface area contributed by atoms with Gasteiger partial charge in [0, 0.05) is 16.7 Å². The molecule has 0 fully saturated rings. The van der Waals surface area contributed by atoms with E-state index in [0.29, 0.717) is 6.54 Å². The van der Waals surface area contributed by atoms with Crippen LogP contribution in [0.2, 0.25) is 0 Å². The second-order valence-electron chi connectivity index (χ2n) is 4.77. The van der Waals surface area contributed by atoms with Gasteiger partial charge in [0.1, 0.15) is 0 Å². The topological polar surface area (TPSA) is 38.0 Å². The van der Waals surface area contributed by atoms with Gasteiger partial charge in [-0.05, 0) is 42.7 Å². The Morgan fingerprint density at radius 2 is 1.68 bits per heavy atom. The predicted octanol–water partition coefficient (Wildman–Crippen LogP) is 4.18. The number of hydrogen-bond acceptors (Lipinski definition) is 2. The molecule has 0 aliphatic carbocycles. The van der Waals surface area contributed by atoms with Gasteiger partial charge in [0.15, 0.2) is 0 Å². The van der Waals surface area contributed by atoms with E-state index in [2.05, 4.69) is 59.4 Å². The molecule has 3 N–H and O–H groups in total. The van der Waals surface area contributed by atoms with E-state index in [-0.39, 0.29) is 6.04 Å². The van der Waals surface area contributed by atoms with Gasteiger partial charge < -0.3 is 11.1 Å². The van der Waals surface area contributed by atoms with Gasteiger partial charge in [-0.25, -0.2) is 0 Å². The summed E-state index contributed by atoms with van der Waals surface area (Å²) < 4.78 is 1.17. The molecule has 1 unspecified atom stereocenters. The van der Waals surface area contributed by atoms with E-state index in [9.17, 15) is 0 Å². The highest BCUT2D eigenvalue weighted by Crippen LogP contribution is 2.27. The number of aryl methyl sites for hydroxylation is 2. The van der Waals surface area contributed by atoms with Crippen LogP contribution in [0.1, 0.15) is 22.7 Å². The van der Waals surface area contributed by atoms with Crippen molar-refractivity contribution in [2.24, 2.45) is 5.73 Å². The zero-order valence-corrected chi connectivity index (χ0v) is 12.9. The molecule has 0 saturated heterocycles. The first-order valence-corrected chi connectivity index (χ1v) is 7.19. The minimum absolute atomic E-state index is 0.140. The average Bonchev–Trinajstić information content (AvgIpc) is 2.43. The van der Waals surface area contributed by atoms with Gasteiger partial charge in [-0.2, -0.15) is 0 Å². The maximum atomic E-state index is 5.89. The number of hydrogen-bond donors (Lipinski definition) is 2. The van der Waals surface area contributed by atoms with Crippen LogP contribution in [0.25, 0.3) is 0 Å². The number of benzene rings is 2. The highest BCUT2D eigenvalue weighted by Gasteiger charge is 2.10. The quantitative estimate of drug-likeness (QED) is 0.887. The summed E-state index contributed by atoms with van der Waals surface area (Å²) >= 11 is 3.59. The van der Waals surface area contributed by atoms with E-state index < -0.39 is 0 Å². The van der Waals surface area contributed by atoms with Crippen molar-refractivity contribution in [1.29, 1.82) is 0 Å². The van der Waals surface area contributed by atoms with Crippen molar-refractivity contribution < 1.29 is 0 Å². The SMILES string of the molecule is Cc1cc(NC(CN)c2ccccc2)cc(C)c1Br. The van der Waals surface area contributed by atoms with E-state index in [1.165, 1.54) is 21.2 Å². The van der Waals surface area contributed by atoms with Gasteiger partial charge in [-0.1, -0.05) is 46.3 Å². The molecule has 0 amide bonds. The number of halogens is 1. The van der Waals surface area contributed by atoms with Crippen LogP contribution >= 0.6 is 15.9 Å². The lowest BCUT2D eigenvalue weighted by Gasteiger charge is -2.20. The minimum atomic E-state index is 0.140. The fraction of sp³-hybridized carbons (Fsp3) is 0.250. The fourth-order valence-corrected chi connectivity index (χ4v) is 2.42. The lowest BCUT2D eigenvalue weighted by atomic mass is 10.1. The molecule has 0 radical (unpaired) electrons. The molecule has 0 aliphatic rings. The van der Waals surface area contributed by atoms with E-state index in [4.69, 9.17) is 5.73 Å². The number of nitrogens with two attached hydrogens (primary N) is 1. The average molecular weight is 319 g/mol. The summed E-state index contributed by atoms with van der Waals surface area (Å²) in [6, 6.07) is 14.7. The summed E-state index contributed by atoms with van der Waals surface area (Å²) in [5, 5.41) is 3.51. The van der Waals surface area contributed by atoms with Gasteiger partial charge >= 0.3 is 0 Å². The molecule has 2 aromatic carbocycles. The second-order valence-corrected chi connectivity index (χ2v) is 5.56. The molecule has 0 spiro atoms. The molecule has 0 aromatic heterocycles. The van der Waals surface area contributed by atoms with Crippen LogP contribution in [0.5, 0.6) is 0 Å². The Morgan fingerprint density at radius 1 is 1.11 bits per heavy atom. The minimum Gasteiger partial charge on any atom is -0.377 e. The lowest BCUT2D eigenvalue weighted by molar-refractivity contribution is 0.789. The Morgan fingerprint density at radius 3 is 2.21 bits per heavy atom. The molecular formula is C16H19BrN2. The maximum absolute atomic E-state index is 5.89. The molecule has 0 bridgehead atoms. The maximum Gasteiger partial charge on any atom is 0.0636 e. The summed E-state index contributed by atoms with van der Waals surface area (Å²) in [4.78, 5) is 0. The van der Waals surface area contributed by atoms with E-state index in [1.54, 1.807) is 0 Å². The Bertz CT molecular complexity index is 529. The Labute approximate surface area is 123 Å². The molecule has 2 nitrogen and oxygen atoms in total. The van der Waals surface area contributed by atoms with Crippen LogP contribution in [-0.4, -0.2) is 6.54 Å². The molecule has 100 valence electrons. The van der Waals surface area contributed by atoms with Gasteiger partial charge in [0.25, 0.3) is 0 Å².